The molecular weight excluding hydrogens is 452 g/mol. The third-order valence-electron chi connectivity index (χ3n) is 5.34. The van der Waals surface area contributed by atoms with Gasteiger partial charge < -0.3 is 5.11 Å². The summed E-state index contributed by atoms with van der Waals surface area (Å²) >= 11 is 3.38. The van der Waals surface area contributed by atoms with Crippen LogP contribution in [0.4, 0.5) is 5.69 Å². The maximum absolute atomic E-state index is 13.2. The summed E-state index contributed by atoms with van der Waals surface area (Å²) in [5.74, 6) is 0.527. The molecule has 154 valence electrons. The number of phenolic OH excluding ortho intramolecular Hbond substituents is 1. The van der Waals surface area contributed by atoms with Gasteiger partial charge in [0, 0.05) is 28.1 Å². The van der Waals surface area contributed by atoms with Crippen molar-refractivity contribution in [1.82, 2.24) is 9.66 Å². The van der Waals surface area contributed by atoms with Crippen molar-refractivity contribution in [2.24, 2.45) is 5.10 Å². The van der Waals surface area contributed by atoms with Crippen LogP contribution >= 0.6 is 15.9 Å². The number of benzene rings is 2. The van der Waals surface area contributed by atoms with Gasteiger partial charge in [-0.2, -0.15) is 9.78 Å². The lowest BCUT2D eigenvalue weighted by molar-refractivity contribution is -0.384. The van der Waals surface area contributed by atoms with Gasteiger partial charge >= 0.3 is 0 Å². The highest BCUT2D eigenvalue weighted by molar-refractivity contribution is 9.10. The molecule has 4 rings (SSSR count). The Bertz CT molecular complexity index is 1220. The van der Waals surface area contributed by atoms with Gasteiger partial charge in [0.1, 0.15) is 11.6 Å². The molecule has 8 nitrogen and oxygen atoms in total. The Balaban J connectivity index is 1.87. The minimum Gasteiger partial charge on any atom is -0.507 e. The molecule has 0 unspecified atom stereocenters. The topological polar surface area (TPSA) is 111 Å². The molecule has 1 aliphatic rings. The van der Waals surface area contributed by atoms with Crippen molar-refractivity contribution in [2.75, 3.05) is 0 Å². The van der Waals surface area contributed by atoms with Gasteiger partial charge in [-0.15, -0.1) is 0 Å². The highest BCUT2D eigenvalue weighted by Gasteiger charge is 2.22. The van der Waals surface area contributed by atoms with E-state index < -0.39 is 4.92 Å². The minimum absolute atomic E-state index is 0.107. The van der Waals surface area contributed by atoms with E-state index in [1.54, 1.807) is 12.1 Å². The predicted molar refractivity (Wildman–Crippen MR) is 117 cm³/mol. The lowest BCUT2D eigenvalue weighted by atomic mass is 9.88. The molecule has 2 aromatic carbocycles. The Labute approximate surface area is 180 Å². The SMILES string of the molecule is O=c1c2cc(Br)ccc2nc(C2CCCCC2)n1N=Cc1cc([N+](=O)[O-])ccc1O. The summed E-state index contributed by atoms with van der Waals surface area (Å²) in [6.07, 6.45) is 6.40. The molecule has 9 heteroatoms. The number of phenols is 1. The third kappa shape index (κ3) is 3.97. The minimum atomic E-state index is -0.550. The highest BCUT2D eigenvalue weighted by atomic mass is 79.9. The van der Waals surface area contributed by atoms with E-state index in [1.807, 2.05) is 6.07 Å². The second kappa shape index (κ2) is 8.35. The Morgan fingerprint density at radius 2 is 1.97 bits per heavy atom. The van der Waals surface area contributed by atoms with Crippen molar-refractivity contribution < 1.29 is 10.0 Å². The summed E-state index contributed by atoms with van der Waals surface area (Å²) in [4.78, 5) is 28.5. The molecule has 1 heterocycles. The number of halogens is 1. The van der Waals surface area contributed by atoms with Gasteiger partial charge in [-0.05, 0) is 37.1 Å². The van der Waals surface area contributed by atoms with Crippen molar-refractivity contribution in [3.63, 3.8) is 0 Å². The molecule has 1 saturated carbocycles. The lowest BCUT2D eigenvalue weighted by Gasteiger charge is -2.22. The first-order valence-electron chi connectivity index (χ1n) is 9.68. The number of hydrogen-bond acceptors (Lipinski definition) is 6. The summed E-state index contributed by atoms with van der Waals surface area (Å²) in [6, 6.07) is 9.00. The number of non-ortho nitro benzene ring substituents is 1. The number of nitrogens with zero attached hydrogens (tertiary/aromatic N) is 4. The molecule has 0 amide bonds. The number of rotatable bonds is 4. The Morgan fingerprint density at radius 3 is 2.70 bits per heavy atom. The first-order valence-corrected chi connectivity index (χ1v) is 10.5. The van der Waals surface area contributed by atoms with E-state index in [-0.39, 0.29) is 28.5 Å². The lowest BCUT2D eigenvalue weighted by Crippen LogP contribution is -2.25. The van der Waals surface area contributed by atoms with Crippen molar-refractivity contribution in [1.29, 1.82) is 0 Å². The smallest absolute Gasteiger partial charge is 0.282 e. The van der Waals surface area contributed by atoms with Crippen LogP contribution in [0.5, 0.6) is 5.75 Å². The standard InChI is InChI=1S/C21H19BrN4O4/c22-15-6-8-18-17(11-15)21(28)25(20(24-18)13-4-2-1-3-5-13)23-12-14-10-16(26(29)30)7-9-19(14)27/h6-13,27H,1-5H2. The van der Waals surface area contributed by atoms with E-state index in [0.717, 1.165) is 36.6 Å². The first kappa shape index (κ1) is 20.2. The quantitative estimate of drug-likeness (QED) is 0.337. The van der Waals surface area contributed by atoms with Crippen LogP contribution in [0.1, 0.15) is 49.4 Å². The zero-order valence-electron chi connectivity index (χ0n) is 16.0. The molecule has 0 atom stereocenters. The third-order valence-corrected chi connectivity index (χ3v) is 5.83. The summed E-state index contributed by atoms with van der Waals surface area (Å²) in [5, 5.41) is 25.8. The molecule has 0 aliphatic heterocycles. The number of nitro groups is 1. The van der Waals surface area contributed by atoms with Crippen molar-refractivity contribution in [3.8, 4) is 5.75 Å². The van der Waals surface area contributed by atoms with Gasteiger partial charge in [-0.25, -0.2) is 4.98 Å². The largest absolute Gasteiger partial charge is 0.507 e. The second-order valence-electron chi connectivity index (χ2n) is 7.33. The molecule has 0 radical (unpaired) electrons. The molecule has 1 fully saturated rings. The fourth-order valence-corrected chi connectivity index (χ4v) is 4.14. The van der Waals surface area contributed by atoms with Crippen LogP contribution in [-0.4, -0.2) is 25.9 Å². The normalized spacial score (nSPS) is 15.1. The highest BCUT2D eigenvalue weighted by Crippen LogP contribution is 2.32. The fourth-order valence-electron chi connectivity index (χ4n) is 3.78. The van der Waals surface area contributed by atoms with Crippen LogP contribution < -0.4 is 5.56 Å². The molecule has 0 saturated heterocycles. The Kier molecular flexibility index (Phi) is 5.63. The Morgan fingerprint density at radius 1 is 1.20 bits per heavy atom. The summed E-state index contributed by atoms with van der Waals surface area (Å²) < 4.78 is 2.02. The first-order chi connectivity index (χ1) is 14.4. The molecule has 1 aromatic heterocycles. The fraction of sp³-hybridized carbons (Fsp3) is 0.286. The van der Waals surface area contributed by atoms with Crippen LogP contribution in [0.3, 0.4) is 0 Å². The molecule has 0 bridgehead atoms. The van der Waals surface area contributed by atoms with Gasteiger partial charge in [-0.3, -0.25) is 14.9 Å². The van der Waals surface area contributed by atoms with Crippen molar-refractivity contribution in [3.05, 3.63) is 72.7 Å². The molecule has 1 aliphatic carbocycles. The van der Waals surface area contributed by atoms with Crippen LogP contribution in [-0.2, 0) is 0 Å². The summed E-state index contributed by atoms with van der Waals surface area (Å²) in [7, 11) is 0. The van der Waals surface area contributed by atoms with Crippen LogP contribution in [0.2, 0.25) is 0 Å². The monoisotopic (exact) mass is 470 g/mol. The zero-order valence-corrected chi connectivity index (χ0v) is 17.6. The Hall–Kier alpha value is -3.07. The molecule has 3 aromatic rings. The van der Waals surface area contributed by atoms with Gasteiger partial charge in [0.15, 0.2) is 0 Å². The number of nitro benzene ring substituents is 1. The number of aromatic nitrogens is 2. The van der Waals surface area contributed by atoms with E-state index >= 15 is 0 Å². The van der Waals surface area contributed by atoms with Crippen molar-refractivity contribution >= 4 is 38.7 Å². The number of hydrogen-bond donors (Lipinski definition) is 1. The maximum Gasteiger partial charge on any atom is 0.282 e. The van der Waals surface area contributed by atoms with Gasteiger partial charge in [0.2, 0.25) is 0 Å². The summed E-state index contributed by atoms with van der Waals surface area (Å²) in [5.41, 5.74) is 0.270. The van der Waals surface area contributed by atoms with Gasteiger partial charge in [0.25, 0.3) is 11.2 Å². The predicted octanol–water partition coefficient (Wildman–Crippen LogP) is 4.70. The average molecular weight is 471 g/mol. The molecular formula is C21H19BrN4O4. The number of fused-ring (bicyclic) bond motifs is 1. The average Bonchev–Trinajstić information content (AvgIpc) is 2.75. The summed E-state index contributed by atoms with van der Waals surface area (Å²) in [6.45, 7) is 0. The van der Waals surface area contributed by atoms with E-state index in [9.17, 15) is 20.0 Å². The zero-order chi connectivity index (χ0) is 21.3. The molecule has 1 N–H and O–H groups in total. The molecule has 30 heavy (non-hydrogen) atoms. The van der Waals surface area contributed by atoms with E-state index in [2.05, 4.69) is 21.0 Å². The van der Waals surface area contributed by atoms with E-state index in [0.29, 0.717) is 16.7 Å². The van der Waals surface area contributed by atoms with E-state index in [4.69, 9.17) is 4.98 Å². The van der Waals surface area contributed by atoms with Gasteiger partial charge in [0.05, 0.1) is 22.0 Å². The van der Waals surface area contributed by atoms with E-state index in [1.165, 1.54) is 29.1 Å². The molecule has 0 spiro atoms. The van der Waals surface area contributed by atoms with Crippen LogP contribution in [0, 0.1) is 10.1 Å². The number of aromatic hydroxyl groups is 1. The van der Waals surface area contributed by atoms with Crippen LogP contribution in [0.25, 0.3) is 10.9 Å². The van der Waals surface area contributed by atoms with Crippen molar-refractivity contribution in [2.45, 2.75) is 38.0 Å². The maximum atomic E-state index is 13.2. The van der Waals surface area contributed by atoms with Crippen LogP contribution in [0.15, 0.2) is 50.8 Å². The van der Waals surface area contributed by atoms with Gasteiger partial charge in [-0.1, -0.05) is 35.2 Å². The second-order valence-corrected chi connectivity index (χ2v) is 8.24.